The Morgan fingerprint density at radius 3 is 1.78 bits per heavy atom. The summed E-state index contributed by atoms with van der Waals surface area (Å²) in [6, 6.07) is 22.6. The van der Waals surface area contributed by atoms with Crippen LogP contribution in [-0.4, -0.2) is 82.0 Å². The molecule has 6 aromatic heterocycles. The Morgan fingerprint density at radius 1 is 0.678 bits per heavy atom. The van der Waals surface area contributed by atoms with Gasteiger partial charge in [-0.15, -0.1) is 12.4 Å². The fourth-order valence-electron chi connectivity index (χ4n) is 6.40. The van der Waals surface area contributed by atoms with Crippen LogP contribution in [0.2, 0.25) is 25.7 Å². The summed E-state index contributed by atoms with van der Waals surface area (Å²) in [6.45, 7) is 8.41. The topological polar surface area (TPSA) is 97.9 Å². The van der Waals surface area contributed by atoms with Gasteiger partial charge in [0.25, 0.3) is 0 Å². The summed E-state index contributed by atoms with van der Waals surface area (Å²) >= 11 is 3.45. The first kappa shape index (κ1) is 43.6. The van der Waals surface area contributed by atoms with Crippen LogP contribution in [0.4, 0.5) is 11.4 Å². The van der Waals surface area contributed by atoms with E-state index in [1.165, 1.54) is 21.2 Å². The van der Waals surface area contributed by atoms with Crippen molar-refractivity contribution in [2.45, 2.75) is 52.0 Å². The summed E-state index contributed by atoms with van der Waals surface area (Å²) in [4.78, 5) is 21.5. The quantitative estimate of drug-likeness (QED) is 0.0897. The van der Waals surface area contributed by atoms with Crippen LogP contribution in [0.3, 0.4) is 0 Å². The molecule has 0 saturated heterocycles. The molecule has 0 fully saturated rings. The zero-order valence-corrected chi connectivity index (χ0v) is 38.6. The number of fused-ring (bicyclic) bond motifs is 2. The second-order valence-electron chi connectivity index (χ2n) is 16.0. The van der Waals surface area contributed by atoms with E-state index in [1.54, 1.807) is 23.5 Å². The number of hydrogen-bond acceptors (Lipinski definition) is 9. The lowest BCUT2D eigenvalue weighted by molar-refractivity contribution is 0.0899. The van der Waals surface area contributed by atoms with Crippen molar-refractivity contribution < 1.29 is 4.74 Å². The third-order valence-electron chi connectivity index (χ3n) is 9.59. The minimum atomic E-state index is -1.12. The SMILES string of the molecule is CN(C)c1cccc(Sc2cnc3[nH]cc(-c4cnn(C)c4)c3c2)c1.CN(C)c1cccc(Sc2cnc3c(c2)c(-c2cnn(C)c2)cn3COCC[Si](C)(C)C)c1.Cl. The summed E-state index contributed by atoms with van der Waals surface area (Å²) in [5.41, 5.74) is 8.64. The molecule has 0 radical (unpaired) electrons. The van der Waals surface area contributed by atoms with E-state index in [2.05, 4.69) is 149 Å². The summed E-state index contributed by atoms with van der Waals surface area (Å²) in [5.74, 6) is 0. The number of rotatable bonds is 13. The van der Waals surface area contributed by atoms with E-state index in [0.29, 0.717) is 6.73 Å². The maximum absolute atomic E-state index is 6.05. The monoisotopic (exact) mass is 864 g/mol. The molecule has 6 heterocycles. The Morgan fingerprint density at radius 2 is 1.24 bits per heavy atom. The van der Waals surface area contributed by atoms with Crippen molar-refractivity contribution in [2.24, 2.45) is 14.1 Å². The zero-order chi connectivity index (χ0) is 41.0. The molecule has 0 aliphatic rings. The smallest absolute Gasteiger partial charge is 0.142 e. The average Bonchev–Trinajstić information content (AvgIpc) is 3.99. The van der Waals surface area contributed by atoms with E-state index < -0.39 is 8.07 Å². The lowest BCUT2D eigenvalue weighted by atomic mass is 10.1. The second kappa shape index (κ2) is 18.9. The molecule has 0 bridgehead atoms. The molecule has 8 rings (SSSR count). The maximum atomic E-state index is 6.05. The van der Waals surface area contributed by atoms with Crippen LogP contribution >= 0.6 is 35.9 Å². The number of nitrogens with one attached hydrogen (secondary N) is 1. The van der Waals surface area contributed by atoms with Crippen molar-refractivity contribution in [3.8, 4) is 22.3 Å². The van der Waals surface area contributed by atoms with Gasteiger partial charge in [0.2, 0.25) is 0 Å². The van der Waals surface area contributed by atoms with E-state index in [1.807, 2.05) is 66.8 Å². The van der Waals surface area contributed by atoms with E-state index in [9.17, 15) is 0 Å². The van der Waals surface area contributed by atoms with E-state index in [-0.39, 0.29) is 12.4 Å². The van der Waals surface area contributed by atoms with Gasteiger partial charge in [-0.3, -0.25) is 9.36 Å². The number of aryl methyl sites for hydroxylation is 2. The number of halogens is 1. The highest BCUT2D eigenvalue weighted by Crippen LogP contribution is 2.37. The second-order valence-corrected chi connectivity index (χ2v) is 23.9. The van der Waals surface area contributed by atoms with Gasteiger partial charge in [-0.2, -0.15) is 10.2 Å². The highest BCUT2D eigenvalue weighted by molar-refractivity contribution is 7.99. The first-order chi connectivity index (χ1) is 27.8. The molecular formula is C44H53ClN10OS2Si. The standard InChI is InChI=1S/C25H33N5OSSi.C19H19N5S.ClH/c1-28(2)20-8-7-9-21(12-20)32-22-13-23-24(19-14-27-29(3)16-19)17-30(25(23)26-15-22)18-31-10-11-33(4,5)6;1-23(2)14-5-4-6-15(7-14)25-16-8-17-18(11-21-19(17)20-10-16)13-9-22-24(3)12-13;/h7-9,12-17H,10-11,18H2,1-6H3;4-12H,1-3H3,(H,20,21);1H. The van der Waals surface area contributed by atoms with Gasteiger partial charge in [0.05, 0.1) is 12.4 Å². The number of ether oxygens (including phenoxy) is 1. The van der Waals surface area contributed by atoms with Gasteiger partial charge in [-0.05, 0) is 54.6 Å². The van der Waals surface area contributed by atoms with Gasteiger partial charge >= 0.3 is 0 Å². The summed E-state index contributed by atoms with van der Waals surface area (Å²) in [6.07, 6.45) is 15.9. The molecular weight excluding hydrogens is 812 g/mol. The van der Waals surface area contributed by atoms with Crippen LogP contribution < -0.4 is 9.80 Å². The van der Waals surface area contributed by atoms with Gasteiger partial charge in [0.1, 0.15) is 18.0 Å². The molecule has 0 aliphatic heterocycles. The molecule has 0 atom stereocenters. The van der Waals surface area contributed by atoms with E-state index in [0.717, 1.165) is 66.8 Å². The number of pyridine rings is 2. The third-order valence-corrected chi connectivity index (χ3v) is 13.2. The van der Waals surface area contributed by atoms with Crippen molar-refractivity contribution in [3.05, 3.63) is 110 Å². The van der Waals surface area contributed by atoms with E-state index >= 15 is 0 Å². The van der Waals surface area contributed by atoms with Crippen molar-refractivity contribution >= 4 is 77.4 Å². The highest BCUT2D eigenvalue weighted by atomic mass is 35.5. The van der Waals surface area contributed by atoms with Gasteiger partial charge in [-0.25, -0.2) is 9.97 Å². The number of benzene rings is 2. The van der Waals surface area contributed by atoms with Crippen LogP contribution in [0.15, 0.2) is 130 Å². The summed E-state index contributed by atoms with van der Waals surface area (Å²) in [7, 11) is 11.0. The molecule has 15 heteroatoms. The van der Waals surface area contributed by atoms with E-state index in [4.69, 9.17) is 9.72 Å². The van der Waals surface area contributed by atoms with Crippen molar-refractivity contribution in [1.29, 1.82) is 0 Å². The van der Waals surface area contributed by atoms with Gasteiger partial charge in [-0.1, -0.05) is 55.3 Å². The fourth-order valence-corrected chi connectivity index (χ4v) is 8.92. The number of aromatic amines is 1. The number of nitrogens with zero attached hydrogens (tertiary/aromatic N) is 9. The molecule has 1 N–H and O–H groups in total. The first-order valence-electron chi connectivity index (χ1n) is 19.2. The van der Waals surface area contributed by atoms with Gasteiger partial charge < -0.3 is 24.1 Å². The predicted molar refractivity (Wildman–Crippen MR) is 251 cm³/mol. The molecule has 8 aromatic rings. The summed E-state index contributed by atoms with van der Waals surface area (Å²) < 4.78 is 11.8. The molecule has 11 nitrogen and oxygen atoms in total. The number of H-pyrrole nitrogens is 1. The zero-order valence-electron chi connectivity index (χ0n) is 35.2. The van der Waals surface area contributed by atoms with Crippen molar-refractivity contribution in [1.82, 2.24) is 39.1 Å². The van der Waals surface area contributed by atoms with Crippen LogP contribution in [0.5, 0.6) is 0 Å². The maximum Gasteiger partial charge on any atom is 0.142 e. The van der Waals surface area contributed by atoms with Gasteiger partial charge in [0.15, 0.2) is 0 Å². The lowest BCUT2D eigenvalue weighted by Crippen LogP contribution is -2.22. The largest absolute Gasteiger partial charge is 0.378 e. The average molecular weight is 866 g/mol. The van der Waals surface area contributed by atoms with Crippen molar-refractivity contribution in [3.63, 3.8) is 0 Å². The number of anilines is 2. The Hall–Kier alpha value is -4.99. The molecule has 0 unspecified atom stereocenters. The fraction of sp³-hybridized carbons (Fsp3) is 0.273. The Bertz CT molecular complexity index is 2640. The van der Waals surface area contributed by atoms with Crippen LogP contribution in [0.25, 0.3) is 44.3 Å². The minimum absolute atomic E-state index is 0. The minimum Gasteiger partial charge on any atom is -0.378 e. The Balaban J connectivity index is 0.000000202. The first-order valence-corrected chi connectivity index (χ1v) is 24.6. The molecule has 308 valence electrons. The molecule has 0 saturated carbocycles. The molecule has 2 aromatic carbocycles. The summed E-state index contributed by atoms with van der Waals surface area (Å²) in [5, 5.41) is 10.9. The van der Waals surface area contributed by atoms with Gasteiger partial charge in [0, 0.05) is 158 Å². The Kier molecular flexibility index (Phi) is 14.0. The lowest BCUT2D eigenvalue weighted by Gasteiger charge is -2.15. The molecule has 59 heavy (non-hydrogen) atoms. The number of hydrogen-bond donors (Lipinski definition) is 1. The third kappa shape index (κ3) is 11.0. The normalized spacial score (nSPS) is 11.4. The highest BCUT2D eigenvalue weighted by Gasteiger charge is 2.16. The number of aromatic nitrogens is 8. The Labute approximate surface area is 362 Å². The van der Waals surface area contributed by atoms with Crippen LogP contribution in [0, 0.1) is 0 Å². The van der Waals surface area contributed by atoms with Crippen molar-refractivity contribution in [2.75, 3.05) is 44.6 Å². The molecule has 0 amide bonds. The molecule has 0 aliphatic carbocycles. The molecule has 0 spiro atoms. The van der Waals surface area contributed by atoms with Crippen LogP contribution in [-0.2, 0) is 25.6 Å². The predicted octanol–water partition coefficient (Wildman–Crippen LogP) is 10.6. The van der Waals surface area contributed by atoms with Crippen LogP contribution in [0.1, 0.15) is 0 Å².